The minimum Gasteiger partial charge on any atom is -0.493 e. The molecule has 0 bridgehead atoms. The Balaban J connectivity index is 2.39. The van der Waals surface area contributed by atoms with Gasteiger partial charge in [-0.15, -0.1) is 0 Å². The number of hydrazine groups is 1. The average molecular weight is 274 g/mol. The van der Waals surface area contributed by atoms with Gasteiger partial charge in [0, 0.05) is 7.05 Å². The maximum absolute atomic E-state index is 5.74. The van der Waals surface area contributed by atoms with Crippen LogP contribution in [0.5, 0.6) is 5.75 Å². The lowest BCUT2D eigenvalue weighted by atomic mass is 9.98. The molecule has 2 aromatic rings. The van der Waals surface area contributed by atoms with Crippen LogP contribution in [0.4, 0.5) is 0 Å². The largest absolute Gasteiger partial charge is 0.493 e. The van der Waals surface area contributed by atoms with Gasteiger partial charge in [-0.1, -0.05) is 38.1 Å². The van der Waals surface area contributed by atoms with E-state index in [4.69, 9.17) is 10.6 Å². The molecule has 5 heteroatoms. The van der Waals surface area contributed by atoms with Gasteiger partial charge in [-0.05, 0) is 17.0 Å². The number of rotatable bonds is 5. The van der Waals surface area contributed by atoms with Crippen molar-refractivity contribution in [3.63, 3.8) is 0 Å². The average Bonchev–Trinajstić information content (AvgIpc) is 2.82. The van der Waals surface area contributed by atoms with Crippen molar-refractivity contribution in [1.29, 1.82) is 0 Å². The molecule has 3 N–H and O–H groups in total. The third-order valence-corrected chi connectivity index (χ3v) is 3.55. The Labute approximate surface area is 119 Å². The lowest BCUT2D eigenvalue weighted by molar-refractivity contribution is 0.401. The Bertz CT molecular complexity index is 560. The van der Waals surface area contributed by atoms with Crippen molar-refractivity contribution in [1.82, 2.24) is 15.2 Å². The monoisotopic (exact) mass is 274 g/mol. The number of nitrogens with one attached hydrogen (secondary N) is 1. The van der Waals surface area contributed by atoms with Gasteiger partial charge in [0.05, 0.1) is 19.3 Å². The fraction of sp³-hybridized carbons (Fsp3) is 0.400. The lowest BCUT2D eigenvalue weighted by Gasteiger charge is -2.19. The molecule has 1 aromatic carbocycles. The van der Waals surface area contributed by atoms with E-state index in [2.05, 4.69) is 48.6 Å². The van der Waals surface area contributed by atoms with Gasteiger partial charge in [-0.25, -0.2) is 5.43 Å². The zero-order valence-corrected chi connectivity index (χ0v) is 12.4. The van der Waals surface area contributed by atoms with E-state index in [0.29, 0.717) is 5.92 Å². The van der Waals surface area contributed by atoms with Gasteiger partial charge >= 0.3 is 0 Å². The minimum atomic E-state index is -0.154. The second-order valence-corrected chi connectivity index (χ2v) is 5.14. The predicted octanol–water partition coefficient (Wildman–Crippen LogP) is 2.10. The highest BCUT2D eigenvalue weighted by Gasteiger charge is 2.21. The lowest BCUT2D eigenvalue weighted by Crippen LogP contribution is -2.30. The number of hydrogen-bond donors (Lipinski definition) is 2. The molecule has 5 nitrogen and oxygen atoms in total. The molecule has 108 valence electrons. The van der Waals surface area contributed by atoms with Crippen molar-refractivity contribution < 1.29 is 4.74 Å². The zero-order chi connectivity index (χ0) is 14.7. The molecule has 0 aliphatic heterocycles. The molecule has 2 rings (SSSR count). The number of aromatic nitrogens is 2. The Morgan fingerprint density at radius 1 is 1.20 bits per heavy atom. The summed E-state index contributed by atoms with van der Waals surface area (Å²) >= 11 is 0. The summed E-state index contributed by atoms with van der Waals surface area (Å²) in [6.45, 7) is 4.36. The highest BCUT2D eigenvalue weighted by molar-refractivity contribution is 5.37. The van der Waals surface area contributed by atoms with E-state index in [-0.39, 0.29) is 6.04 Å². The van der Waals surface area contributed by atoms with E-state index in [1.54, 1.807) is 18.0 Å². The molecule has 0 spiro atoms. The number of hydrogen-bond acceptors (Lipinski definition) is 4. The summed E-state index contributed by atoms with van der Waals surface area (Å²) in [7, 11) is 3.51. The summed E-state index contributed by atoms with van der Waals surface area (Å²) in [6.07, 6.45) is 1.70. The van der Waals surface area contributed by atoms with Crippen LogP contribution in [0.3, 0.4) is 0 Å². The normalized spacial score (nSPS) is 12.7. The molecule has 1 atom stereocenters. The van der Waals surface area contributed by atoms with Gasteiger partial charge in [0.2, 0.25) is 0 Å². The summed E-state index contributed by atoms with van der Waals surface area (Å²) in [5, 5.41) is 4.22. The number of nitrogens with zero attached hydrogens (tertiary/aromatic N) is 2. The fourth-order valence-electron chi connectivity index (χ4n) is 2.32. The number of nitrogens with two attached hydrogens (primary N) is 1. The fourth-order valence-corrected chi connectivity index (χ4v) is 2.32. The second kappa shape index (κ2) is 6.07. The van der Waals surface area contributed by atoms with Crippen LogP contribution >= 0.6 is 0 Å². The first-order chi connectivity index (χ1) is 9.58. The smallest absolute Gasteiger partial charge is 0.161 e. The van der Waals surface area contributed by atoms with Crippen LogP contribution in [0.15, 0.2) is 30.5 Å². The molecule has 0 radical (unpaired) electrons. The zero-order valence-electron chi connectivity index (χ0n) is 12.4. The third kappa shape index (κ3) is 2.69. The molecular weight excluding hydrogens is 252 g/mol. The highest BCUT2D eigenvalue weighted by atomic mass is 16.5. The number of benzene rings is 1. The van der Waals surface area contributed by atoms with Gasteiger partial charge in [0.15, 0.2) is 5.75 Å². The van der Waals surface area contributed by atoms with Crippen molar-refractivity contribution >= 4 is 0 Å². The number of aryl methyl sites for hydroxylation is 1. The second-order valence-electron chi connectivity index (χ2n) is 5.14. The maximum Gasteiger partial charge on any atom is 0.161 e. The van der Waals surface area contributed by atoms with Gasteiger partial charge in [0.1, 0.15) is 5.69 Å². The van der Waals surface area contributed by atoms with Crippen molar-refractivity contribution in [2.75, 3.05) is 7.11 Å². The van der Waals surface area contributed by atoms with Crippen LogP contribution in [0.25, 0.3) is 0 Å². The molecule has 0 aliphatic carbocycles. The van der Waals surface area contributed by atoms with Gasteiger partial charge in [0.25, 0.3) is 0 Å². The van der Waals surface area contributed by atoms with Crippen LogP contribution in [0.2, 0.25) is 0 Å². The summed E-state index contributed by atoms with van der Waals surface area (Å²) in [6, 6.07) is 8.29. The topological polar surface area (TPSA) is 65.1 Å². The summed E-state index contributed by atoms with van der Waals surface area (Å²) in [5.41, 5.74) is 6.14. The number of ether oxygens (including phenoxy) is 1. The molecule has 0 aliphatic rings. The van der Waals surface area contributed by atoms with E-state index in [1.807, 2.05) is 7.05 Å². The van der Waals surface area contributed by atoms with E-state index in [1.165, 1.54) is 5.56 Å². The quantitative estimate of drug-likeness (QED) is 0.647. The first-order valence-electron chi connectivity index (χ1n) is 6.70. The molecule has 0 saturated heterocycles. The van der Waals surface area contributed by atoms with Gasteiger partial charge < -0.3 is 4.74 Å². The summed E-state index contributed by atoms with van der Waals surface area (Å²) in [5.74, 6) is 6.98. The molecule has 1 unspecified atom stereocenters. The first-order valence-corrected chi connectivity index (χ1v) is 6.70. The summed E-state index contributed by atoms with van der Waals surface area (Å²) in [4.78, 5) is 0. The third-order valence-electron chi connectivity index (χ3n) is 3.55. The van der Waals surface area contributed by atoms with Crippen molar-refractivity contribution in [3.05, 3.63) is 47.3 Å². The SMILES string of the molecule is COc1cnn(C)c1C(NN)c1ccc(C(C)C)cc1. The molecule has 1 aromatic heterocycles. The molecule has 0 amide bonds. The van der Waals surface area contributed by atoms with E-state index in [0.717, 1.165) is 17.0 Å². The maximum atomic E-state index is 5.74. The minimum absolute atomic E-state index is 0.154. The Kier molecular flexibility index (Phi) is 4.42. The molecular formula is C15H22N4O. The van der Waals surface area contributed by atoms with Gasteiger partial charge in [-0.3, -0.25) is 10.5 Å². The van der Waals surface area contributed by atoms with Crippen LogP contribution in [0.1, 0.15) is 42.6 Å². The molecule has 0 saturated carbocycles. The molecule has 1 heterocycles. The Hall–Kier alpha value is -1.85. The highest BCUT2D eigenvalue weighted by Crippen LogP contribution is 2.29. The first kappa shape index (κ1) is 14.6. The van der Waals surface area contributed by atoms with E-state index < -0.39 is 0 Å². The van der Waals surface area contributed by atoms with Crippen molar-refractivity contribution in [3.8, 4) is 5.75 Å². The molecule has 0 fully saturated rings. The standard InChI is InChI=1S/C15H22N4O/c1-10(2)11-5-7-12(8-6-11)14(18-16)15-13(20-4)9-17-19(15)3/h5-10,14,18H,16H2,1-4H3. The van der Waals surface area contributed by atoms with Crippen LogP contribution < -0.4 is 16.0 Å². The predicted molar refractivity (Wildman–Crippen MR) is 79.5 cm³/mol. The van der Waals surface area contributed by atoms with Crippen LogP contribution in [-0.2, 0) is 7.05 Å². The van der Waals surface area contributed by atoms with Crippen LogP contribution in [0, 0.1) is 0 Å². The van der Waals surface area contributed by atoms with Crippen LogP contribution in [-0.4, -0.2) is 16.9 Å². The summed E-state index contributed by atoms with van der Waals surface area (Å²) < 4.78 is 7.13. The van der Waals surface area contributed by atoms with E-state index >= 15 is 0 Å². The van der Waals surface area contributed by atoms with Gasteiger partial charge in [-0.2, -0.15) is 5.10 Å². The molecule has 20 heavy (non-hydrogen) atoms. The Morgan fingerprint density at radius 3 is 2.30 bits per heavy atom. The Morgan fingerprint density at radius 2 is 1.80 bits per heavy atom. The van der Waals surface area contributed by atoms with Crippen molar-refractivity contribution in [2.24, 2.45) is 12.9 Å². The van der Waals surface area contributed by atoms with Crippen molar-refractivity contribution in [2.45, 2.75) is 25.8 Å². The number of methoxy groups -OCH3 is 1. The van der Waals surface area contributed by atoms with E-state index in [9.17, 15) is 0 Å².